The number of aromatic amines is 1. The van der Waals surface area contributed by atoms with E-state index in [0.29, 0.717) is 30.0 Å². The minimum atomic E-state index is 0.297. The SMILES string of the molecule is Cc1cc(Nc2cc3ncccc3c(N[C@@H]3CC4CC[C@@H](C3)N4C[C@H]3C[C@@H](C#N)C3)n2)n[nH]1. The highest BCUT2D eigenvalue weighted by atomic mass is 15.2. The van der Waals surface area contributed by atoms with Gasteiger partial charge in [-0.05, 0) is 63.5 Å². The van der Waals surface area contributed by atoms with Gasteiger partial charge in [0.2, 0.25) is 0 Å². The molecule has 8 heteroatoms. The van der Waals surface area contributed by atoms with E-state index in [1.807, 2.05) is 31.3 Å². The van der Waals surface area contributed by atoms with Crippen molar-refractivity contribution in [1.82, 2.24) is 25.1 Å². The van der Waals surface area contributed by atoms with Crippen LogP contribution in [0.25, 0.3) is 10.9 Å². The van der Waals surface area contributed by atoms with E-state index in [4.69, 9.17) is 10.2 Å². The lowest BCUT2D eigenvalue weighted by Gasteiger charge is -2.43. The number of pyridine rings is 2. The number of hydrogen-bond acceptors (Lipinski definition) is 7. The normalized spacial score (nSPS) is 28.9. The van der Waals surface area contributed by atoms with E-state index in [9.17, 15) is 0 Å². The van der Waals surface area contributed by atoms with E-state index < -0.39 is 0 Å². The highest BCUT2D eigenvalue weighted by Crippen LogP contribution is 2.41. The van der Waals surface area contributed by atoms with E-state index in [2.05, 4.69) is 42.9 Å². The lowest BCUT2D eigenvalue weighted by Crippen LogP contribution is -2.50. The molecule has 0 amide bonds. The predicted molar refractivity (Wildman–Crippen MR) is 128 cm³/mol. The Kier molecular flexibility index (Phi) is 5.14. The first-order valence-electron chi connectivity index (χ1n) is 12.1. The van der Waals surface area contributed by atoms with Crippen molar-refractivity contribution in [2.45, 2.75) is 63.6 Å². The summed E-state index contributed by atoms with van der Waals surface area (Å²) < 4.78 is 0. The van der Waals surface area contributed by atoms with Gasteiger partial charge in [0.25, 0.3) is 0 Å². The van der Waals surface area contributed by atoms with Crippen molar-refractivity contribution in [2.75, 3.05) is 17.2 Å². The average Bonchev–Trinajstić information content (AvgIpc) is 3.29. The van der Waals surface area contributed by atoms with Gasteiger partial charge < -0.3 is 10.6 Å². The summed E-state index contributed by atoms with van der Waals surface area (Å²) in [5.74, 6) is 3.40. The van der Waals surface area contributed by atoms with Crippen molar-refractivity contribution < 1.29 is 0 Å². The molecule has 5 heterocycles. The Morgan fingerprint density at radius 2 is 1.97 bits per heavy atom. The fourth-order valence-corrected chi connectivity index (χ4v) is 6.03. The van der Waals surface area contributed by atoms with E-state index in [-0.39, 0.29) is 0 Å². The third kappa shape index (κ3) is 4.02. The van der Waals surface area contributed by atoms with Gasteiger partial charge in [0.05, 0.1) is 11.6 Å². The molecule has 8 nitrogen and oxygen atoms in total. The standard InChI is InChI=1S/C25H30N8/c1-15-7-24(32-31-15)29-23-12-22-21(3-2-6-27-22)25(30-23)28-18-10-19-4-5-20(11-18)33(19)14-17-8-16(9-17)13-26/h2-3,6-7,12,16-20H,4-5,8-11,14H2,1H3,(H3,28,29,30,31,32)/t16-,17+,18-,19-,20?/m0/s1. The van der Waals surface area contributed by atoms with E-state index >= 15 is 0 Å². The molecule has 2 saturated heterocycles. The maximum atomic E-state index is 9.09. The number of rotatable bonds is 6. The number of aromatic nitrogens is 4. The van der Waals surface area contributed by atoms with Crippen molar-refractivity contribution in [3.8, 4) is 6.07 Å². The lowest BCUT2D eigenvalue weighted by atomic mass is 9.75. The molecule has 2 bridgehead atoms. The summed E-state index contributed by atoms with van der Waals surface area (Å²) >= 11 is 0. The molecule has 1 unspecified atom stereocenters. The smallest absolute Gasteiger partial charge is 0.153 e. The largest absolute Gasteiger partial charge is 0.367 e. The summed E-state index contributed by atoms with van der Waals surface area (Å²) in [6.45, 7) is 3.15. The summed E-state index contributed by atoms with van der Waals surface area (Å²) in [5, 5.41) is 24.5. The van der Waals surface area contributed by atoms with Crippen LogP contribution in [0.15, 0.2) is 30.5 Å². The molecule has 3 N–H and O–H groups in total. The molecule has 3 atom stereocenters. The Hall–Kier alpha value is -3.18. The van der Waals surface area contributed by atoms with Gasteiger partial charge in [0, 0.05) is 60.0 Å². The molecule has 0 radical (unpaired) electrons. The van der Waals surface area contributed by atoms with Crippen LogP contribution >= 0.6 is 0 Å². The maximum Gasteiger partial charge on any atom is 0.153 e. The number of H-pyrrole nitrogens is 1. The molecule has 2 aliphatic heterocycles. The van der Waals surface area contributed by atoms with Crippen LogP contribution in [-0.4, -0.2) is 49.7 Å². The molecule has 3 fully saturated rings. The molecule has 1 aliphatic carbocycles. The van der Waals surface area contributed by atoms with Crippen LogP contribution in [0.4, 0.5) is 17.5 Å². The number of anilines is 3. The summed E-state index contributed by atoms with van der Waals surface area (Å²) in [6, 6.07) is 12.1. The number of aryl methyl sites for hydroxylation is 1. The minimum absolute atomic E-state index is 0.297. The first-order chi connectivity index (χ1) is 16.1. The fraction of sp³-hybridized carbons (Fsp3) is 0.520. The second-order valence-corrected chi connectivity index (χ2v) is 10.0. The zero-order valence-corrected chi connectivity index (χ0v) is 19.0. The molecule has 3 aliphatic rings. The number of nitrogens with zero attached hydrogens (tertiary/aromatic N) is 5. The van der Waals surface area contributed by atoms with Crippen LogP contribution in [0.2, 0.25) is 0 Å². The molecule has 0 aromatic carbocycles. The zero-order valence-electron chi connectivity index (χ0n) is 19.0. The van der Waals surface area contributed by atoms with Gasteiger partial charge in [-0.3, -0.25) is 15.0 Å². The maximum absolute atomic E-state index is 9.09. The van der Waals surface area contributed by atoms with E-state index in [1.165, 1.54) is 19.4 Å². The Balaban J connectivity index is 1.18. The van der Waals surface area contributed by atoms with Gasteiger partial charge >= 0.3 is 0 Å². The van der Waals surface area contributed by atoms with Crippen LogP contribution in [0.3, 0.4) is 0 Å². The molecular formula is C25H30N8. The number of nitrogens with one attached hydrogen (secondary N) is 3. The van der Waals surface area contributed by atoms with Crippen molar-refractivity contribution in [2.24, 2.45) is 11.8 Å². The molecule has 6 rings (SSSR count). The van der Waals surface area contributed by atoms with Crippen LogP contribution in [0.5, 0.6) is 0 Å². The Morgan fingerprint density at radius 1 is 1.15 bits per heavy atom. The van der Waals surface area contributed by atoms with Crippen LogP contribution in [0, 0.1) is 30.1 Å². The van der Waals surface area contributed by atoms with E-state index in [0.717, 1.165) is 59.7 Å². The zero-order chi connectivity index (χ0) is 22.4. The van der Waals surface area contributed by atoms with Crippen molar-refractivity contribution in [1.29, 1.82) is 5.26 Å². The first-order valence-corrected chi connectivity index (χ1v) is 12.1. The predicted octanol–water partition coefficient (Wildman–Crippen LogP) is 4.36. The van der Waals surface area contributed by atoms with Crippen LogP contribution < -0.4 is 10.6 Å². The number of nitriles is 1. The molecule has 3 aromatic heterocycles. The highest BCUT2D eigenvalue weighted by molar-refractivity contribution is 5.91. The number of piperidine rings is 1. The van der Waals surface area contributed by atoms with Crippen molar-refractivity contribution in [3.63, 3.8) is 0 Å². The second-order valence-electron chi connectivity index (χ2n) is 10.0. The third-order valence-electron chi connectivity index (χ3n) is 7.67. The summed E-state index contributed by atoms with van der Waals surface area (Å²) in [7, 11) is 0. The molecule has 33 heavy (non-hydrogen) atoms. The molecule has 1 saturated carbocycles. The van der Waals surface area contributed by atoms with Crippen molar-refractivity contribution >= 4 is 28.4 Å². The fourth-order valence-electron chi connectivity index (χ4n) is 6.03. The molecule has 170 valence electrons. The Morgan fingerprint density at radius 3 is 2.70 bits per heavy atom. The van der Waals surface area contributed by atoms with Gasteiger partial charge in [-0.25, -0.2) is 4.98 Å². The third-order valence-corrected chi connectivity index (χ3v) is 7.67. The summed E-state index contributed by atoms with van der Waals surface area (Å²) in [4.78, 5) is 12.2. The topological polar surface area (TPSA) is 106 Å². The Bertz CT molecular complexity index is 1180. The second kappa shape index (κ2) is 8.31. The number of hydrogen-bond donors (Lipinski definition) is 3. The van der Waals surface area contributed by atoms with Crippen LogP contribution in [-0.2, 0) is 0 Å². The summed E-state index contributed by atoms with van der Waals surface area (Å²) in [6.07, 6.45) is 8.86. The Labute approximate surface area is 193 Å². The lowest BCUT2D eigenvalue weighted by molar-refractivity contribution is 0.0771. The van der Waals surface area contributed by atoms with E-state index in [1.54, 1.807) is 0 Å². The number of fused-ring (bicyclic) bond motifs is 3. The average molecular weight is 443 g/mol. The van der Waals surface area contributed by atoms with Gasteiger partial charge in [0.1, 0.15) is 11.6 Å². The first kappa shape index (κ1) is 20.4. The van der Waals surface area contributed by atoms with Gasteiger partial charge in [-0.2, -0.15) is 10.4 Å². The van der Waals surface area contributed by atoms with Crippen LogP contribution in [0.1, 0.15) is 44.2 Å². The molecule has 3 aromatic rings. The van der Waals surface area contributed by atoms with Crippen molar-refractivity contribution in [3.05, 3.63) is 36.2 Å². The van der Waals surface area contributed by atoms with Gasteiger partial charge in [-0.1, -0.05) is 0 Å². The highest BCUT2D eigenvalue weighted by Gasteiger charge is 2.43. The molecule has 0 spiro atoms. The minimum Gasteiger partial charge on any atom is -0.367 e. The quantitative estimate of drug-likeness (QED) is 0.521. The monoisotopic (exact) mass is 442 g/mol. The van der Waals surface area contributed by atoms with Gasteiger partial charge in [-0.15, -0.1) is 0 Å². The molecular weight excluding hydrogens is 412 g/mol. The summed E-state index contributed by atoms with van der Waals surface area (Å²) in [5.41, 5.74) is 1.92. The van der Waals surface area contributed by atoms with Gasteiger partial charge in [0.15, 0.2) is 5.82 Å².